The number of rotatable bonds is 5. The van der Waals surface area contributed by atoms with Crippen LogP contribution in [0, 0.1) is 6.92 Å². The van der Waals surface area contributed by atoms with Gasteiger partial charge in [-0.1, -0.05) is 23.7 Å². The Bertz CT molecular complexity index is 1290. The number of nitrogens with zero attached hydrogens (tertiary/aromatic N) is 2. The monoisotopic (exact) mass is 447 g/mol. The minimum absolute atomic E-state index is 0.274. The number of carbonyl (C=O) groups excluding carboxylic acids is 1. The SMILES string of the molecule is COc1ccc(NC(=O)c2oc3c(c2C)-c2nn(Cc4ccc(Cl)cc4)cc2CC3)cc1. The molecule has 1 aliphatic rings. The van der Waals surface area contributed by atoms with E-state index >= 15 is 0 Å². The van der Waals surface area contributed by atoms with Gasteiger partial charge in [-0.3, -0.25) is 9.48 Å². The van der Waals surface area contributed by atoms with Gasteiger partial charge in [-0.25, -0.2) is 0 Å². The van der Waals surface area contributed by atoms with Gasteiger partial charge in [0.2, 0.25) is 0 Å². The van der Waals surface area contributed by atoms with E-state index in [-0.39, 0.29) is 5.91 Å². The summed E-state index contributed by atoms with van der Waals surface area (Å²) >= 11 is 5.99. The second kappa shape index (κ2) is 8.20. The predicted molar refractivity (Wildman–Crippen MR) is 124 cm³/mol. The second-order valence-corrected chi connectivity index (χ2v) is 8.30. The van der Waals surface area contributed by atoms with Crippen LogP contribution in [0.15, 0.2) is 59.1 Å². The highest BCUT2D eigenvalue weighted by atomic mass is 35.5. The fourth-order valence-electron chi connectivity index (χ4n) is 4.10. The first-order chi connectivity index (χ1) is 15.5. The number of aryl methyl sites for hydroxylation is 2. The zero-order valence-corrected chi connectivity index (χ0v) is 18.6. The van der Waals surface area contributed by atoms with Gasteiger partial charge >= 0.3 is 0 Å². The average molecular weight is 448 g/mol. The lowest BCUT2D eigenvalue weighted by atomic mass is 9.93. The van der Waals surface area contributed by atoms with Crippen LogP contribution in [0.3, 0.4) is 0 Å². The number of hydrogen-bond donors (Lipinski definition) is 1. The summed E-state index contributed by atoms with van der Waals surface area (Å²) in [7, 11) is 1.61. The topological polar surface area (TPSA) is 69.3 Å². The maximum Gasteiger partial charge on any atom is 0.291 e. The number of hydrogen-bond acceptors (Lipinski definition) is 4. The molecule has 0 saturated heterocycles. The molecule has 162 valence electrons. The van der Waals surface area contributed by atoms with Crippen LogP contribution in [0.2, 0.25) is 5.02 Å². The van der Waals surface area contributed by atoms with E-state index in [4.69, 9.17) is 25.9 Å². The molecule has 0 atom stereocenters. The van der Waals surface area contributed by atoms with E-state index in [0.717, 1.165) is 52.3 Å². The Morgan fingerprint density at radius 2 is 1.91 bits per heavy atom. The van der Waals surface area contributed by atoms with Crippen molar-refractivity contribution in [2.75, 3.05) is 12.4 Å². The quantitative estimate of drug-likeness (QED) is 0.437. The van der Waals surface area contributed by atoms with E-state index < -0.39 is 0 Å². The number of nitrogens with one attached hydrogen (secondary N) is 1. The molecule has 0 bridgehead atoms. The molecule has 2 aromatic carbocycles. The maximum absolute atomic E-state index is 12.9. The van der Waals surface area contributed by atoms with Gasteiger partial charge in [0.15, 0.2) is 5.76 Å². The number of amides is 1. The minimum atomic E-state index is -0.274. The van der Waals surface area contributed by atoms with Crippen molar-refractivity contribution in [3.8, 4) is 17.0 Å². The lowest BCUT2D eigenvalue weighted by Gasteiger charge is -2.09. The highest BCUT2D eigenvalue weighted by molar-refractivity contribution is 6.30. The van der Waals surface area contributed by atoms with Gasteiger partial charge in [0.05, 0.1) is 19.3 Å². The summed E-state index contributed by atoms with van der Waals surface area (Å²) in [6.07, 6.45) is 3.65. The number of carbonyl (C=O) groups is 1. The Hall–Kier alpha value is -3.51. The number of aromatic nitrogens is 2. The molecule has 2 heterocycles. The standard InChI is InChI=1S/C25H22ClN3O3/c1-15-22-21(32-24(15)25(30)27-19-8-10-20(31-2)11-9-19)12-5-17-14-29(28-23(17)22)13-16-3-6-18(26)7-4-16/h3-4,6-11,14H,5,12-13H2,1-2H3,(H,27,30). The Labute approximate surface area is 190 Å². The van der Waals surface area contributed by atoms with Crippen LogP contribution in [0.5, 0.6) is 5.75 Å². The lowest BCUT2D eigenvalue weighted by molar-refractivity contribution is 0.0994. The highest BCUT2D eigenvalue weighted by Gasteiger charge is 2.29. The van der Waals surface area contributed by atoms with Crippen LogP contribution in [-0.2, 0) is 19.4 Å². The number of halogens is 1. The molecule has 0 unspecified atom stereocenters. The first kappa shape index (κ1) is 20.4. The summed E-state index contributed by atoms with van der Waals surface area (Å²) in [6, 6.07) is 15.0. The van der Waals surface area contributed by atoms with Crippen LogP contribution in [0.4, 0.5) is 5.69 Å². The van der Waals surface area contributed by atoms with Crippen molar-refractivity contribution in [1.82, 2.24) is 9.78 Å². The zero-order valence-electron chi connectivity index (χ0n) is 17.8. The summed E-state index contributed by atoms with van der Waals surface area (Å²) in [6.45, 7) is 2.57. The molecule has 0 radical (unpaired) electrons. The number of furan rings is 1. The molecule has 0 spiro atoms. The highest BCUT2D eigenvalue weighted by Crippen LogP contribution is 2.38. The van der Waals surface area contributed by atoms with Gasteiger partial charge in [-0.05, 0) is 60.9 Å². The Morgan fingerprint density at radius 3 is 2.62 bits per heavy atom. The van der Waals surface area contributed by atoms with E-state index in [1.807, 2.05) is 35.9 Å². The van der Waals surface area contributed by atoms with Crippen molar-refractivity contribution < 1.29 is 13.9 Å². The summed E-state index contributed by atoms with van der Waals surface area (Å²) in [5, 5.41) is 8.44. The van der Waals surface area contributed by atoms with Crippen molar-refractivity contribution in [2.24, 2.45) is 0 Å². The van der Waals surface area contributed by atoms with Crippen LogP contribution in [-0.4, -0.2) is 22.8 Å². The third-order valence-electron chi connectivity index (χ3n) is 5.73. The summed E-state index contributed by atoms with van der Waals surface area (Å²) < 4.78 is 13.1. The van der Waals surface area contributed by atoms with E-state index in [2.05, 4.69) is 11.5 Å². The third-order valence-corrected chi connectivity index (χ3v) is 5.98. The summed E-state index contributed by atoms with van der Waals surface area (Å²) in [5.74, 6) is 1.59. The molecule has 1 amide bonds. The van der Waals surface area contributed by atoms with Gasteiger partial charge in [-0.15, -0.1) is 0 Å². The maximum atomic E-state index is 12.9. The van der Waals surface area contributed by atoms with Crippen LogP contribution in [0.25, 0.3) is 11.3 Å². The number of ether oxygens (including phenoxy) is 1. The van der Waals surface area contributed by atoms with Gasteiger partial charge in [0.1, 0.15) is 11.5 Å². The minimum Gasteiger partial charge on any atom is -0.497 e. The first-order valence-electron chi connectivity index (χ1n) is 10.4. The number of fused-ring (bicyclic) bond motifs is 3. The van der Waals surface area contributed by atoms with E-state index in [9.17, 15) is 4.79 Å². The molecule has 6 nitrogen and oxygen atoms in total. The normalized spacial score (nSPS) is 12.2. The number of methoxy groups -OCH3 is 1. The average Bonchev–Trinajstić information content (AvgIpc) is 3.36. The van der Waals surface area contributed by atoms with Crippen molar-refractivity contribution in [3.05, 3.63) is 88.0 Å². The Kier molecular flexibility index (Phi) is 5.23. The second-order valence-electron chi connectivity index (χ2n) is 7.86. The van der Waals surface area contributed by atoms with Crippen LogP contribution < -0.4 is 10.1 Å². The first-order valence-corrected chi connectivity index (χ1v) is 10.8. The largest absolute Gasteiger partial charge is 0.497 e. The molecule has 2 aromatic heterocycles. The van der Waals surface area contributed by atoms with Crippen LogP contribution >= 0.6 is 11.6 Å². The summed E-state index contributed by atoms with van der Waals surface area (Å²) in [4.78, 5) is 12.9. The van der Waals surface area contributed by atoms with E-state index in [0.29, 0.717) is 23.0 Å². The Morgan fingerprint density at radius 1 is 1.16 bits per heavy atom. The number of anilines is 1. The molecule has 1 N–H and O–H groups in total. The molecule has 7 heteroatoms. The van der Waals surface area contributed by atoms with Crippen molar-refractivity contribution >= 4 is 23.2 Å². The van der Waals surface area contributed by atoms with Gasteiger partial charge in [-0.2, -0.15) is 5.10 Å². The molecule has 5 rings (SSSR count). The van der Waals surface area contributed by atoms with E-state index in [1.165, 1.54) is 0 Å². The van der Waals surface area contributed by atoms with Crippen molar-refractivity contribution in [3.63, 3.8) is 0 Å². The molecule has 1 aliphatic carbocycles. The lowest BCUT2D eigenvalue weighted by Crippen LogP contribution is -2.12. The molecular formula is C25H22ClN3O3. The predicted octanol–water partition coefficient (Wildman–Crippen LogP) is 5.51. The zero-order chi connectivity index (χ0) is 22.2. The molecular weight excluding hydrogens is 426 g/mol. The fourth-order valence-corrected chi connectivity index (χ4v) is 4.23. The molecule has 32 heavy (non-hydrogen) atoms. The Balaban J connectivity index is 1.41. The van der Waals surface area contributed by atoms with Gasteiger partial charge in [0.25, 0.3) is 5.91 Å². The van der Waals surface area contributed by atoms with Crippen molar-refractivity contribution in [2.45, 2.75) is 26.3 Å². The molecule has 0 saturated carbocycles. The van der Waals surface area contributed by atoms with Gasteiger partial charge < -0.3 is 14.5 Å². The molecule has 0 aliphatic heterocycles. The van der Waals surface area contributed by atoms with E-state index in [1.54, 1.807) is 31.4 Å². The molecule has 4 aromatic rings. The van der Waals surface area contributed by atoms with Gasteiger partial charge in [0, 0.05) is 34.5 Å². The van der Waals surface area contributed by atoms with Crippen molar-refractivity contribution in [1.29, 1.82) is 0 Å². The van der Waals surface area contributed by atoms with Crippen LogP contribution in [0.1, 0.15) is 33.0 Å². The molecule has 0 fully saturated rings. The smallest absolute Gasteiger partial charge is 0.291 e. The fraction of sp³-hybridized carbons (Fsp3) is 0.200. The number of benzene rings is 2. The summed E-state index contributed by atoms with van der Waals surface area (Å²) in [5.41, 5.74) is 5.60. The third kappa shape index (κ3) is 3.78.